The van der Waals surface area contributed by atoms with Crippen molar-refractivity contribution in [3.63, 3.8) is 0 Å². The number of carbonyl (C=O) groups is 1. The Kier molecular flexibility index (Phi) is 2.80. The highest BCUT2D eigenvalue weighted by Gasteiger charge is 2.30. The number of hydrogen-bond donors (Lipinski definition) is 1. The highest BCUT2D eigenvalue weighted by molar-refractivity contribution is 6.03. The van der Waals surface area contributed by atoms with Crippen LogP contribution in [-0.4, -0.2) is 10.9 Å². The molecule has 0 amide bonds. The van der Waals surface area contributed by atoms with Gasteiger partial charge in [0.15, 0.2) is 6.10 Å². The van der Waals surface area contributed by atoms with E-state index in [1.54, 1.807) is 24.3 Å². The third-order valence-electron chi connectivity index (χ3n) is 3.05. The number of hydrogen-bond acceptors (Lipinski definition) is 3. The Balaban J connectivity index is 1.91. The van der Waals surface area contributed by atoms with E-state index in [-0.39, 0.29) is 11.5 Å². The minimum atomic E-state index is -0.753. The van der Waals surface area contributed by atoms with Gasteiger partial charge in [-0.05, 0) is 6.07 Å². The predicted molar refractivity (Wildman–Crippen MR) is 71.4 cm³/mol. The van der Waals surface area contributed by atoms with Crippen LogP contribution in [0.1, 0.15) is 17.2 Å². The summed E-state index contributed by atoms with van der Waals surface area (Å²) in [5.74, 6) is 0.461. The van der Waals surface area contributed by atoms with Crippen molar-refractivity contribution in [2.24, 2.45) is 0 Å². The number of para-hydroxylation sites is 1. The second-order valence-electron chi connectivity index (χ2n) is 4.33. The van der Waals surface area contributed by atoms with E-state index >= 15 is 0 Å². The first-order valence-electron chi connectivity index (χ1n) is 6.01. The quantitative estimate of drug-likeness (QED) is 0.893. The van der Waals surface area contributed by atoms with Crippen LogP contribution >= 0.6 is 0 Å². The molecule has 3 heteroatoms. The maximum Gasteiger partial charge on any atom is 0.204 e. The van der Waals surface area contributed by atoms with Gasteiger partial charge in [0.25, 0.3) is 0 Å². The molecule has 0 fully saturated rings. The van der Waals surface area contributed by atoms with Gasteiger partial charge < -0.3 is 9.84 Å². The SMILES string of the molecule is O=C1C=C(c2ccccc2)OC1c1ccccc1O. The number of rotatable bonds is 2. The Labute approximate surface area is 110 Å². The van der Waals surface area contributed by atoms with Crippen LogP contribution in [0, 0.1) is 0 Å². The highest BCUT2D eigenvalue weighted by atomic mass is 16.5. The first-order valence-corrected chi connectivity index (χ1v) is 6.01. The molecule has 1 aliphatic heterocycles. The Bertz CT molecular complexity index is 644. The molecule has 0 radical (unpaired) electrons. The van der Waals surface area contributed by atoms with Gasteiger partial charge in [-0.1, -0.05) is 48.5 Å². The summed E-state index contributed by atoms with van der Waals surface area (Å²) in [5.41, 5.74) is 1.35. The second kappa shape index (κ2) is 4.61. The lowest BCUT2D eigenvalue weighted by Gasteiger charge is -2.13. The van der Waals surface area contributed by atoms with Gasteiger partial charge in [-0.2, -0.15) is 0 Å². The van der Waals surface area contributed by atoms with E-state index in [0.717, 1.165) is 5.56 Å². The molecule has 19 heavy (non-hydrogen) atoms. The van der Waals surface area contributed by atoms with Gasteiger partial charge in [-0.15, -0.1) is 0 Å². The van der Waals surface area contributed by atoms with Crippen molar-refractivity contribution in [3.8, 4) is 5.75 Å². The molecule has 1 heterocycles. The molecular formula is C16H12O3. The minimum Gasteiger partial charge on any atom is -0.508 e. The van der Waals surface area contributed by atoms with Gasteiger partial charge >= 0.3 is 0 Å². The summed E-state index contributed by atoms with van der Waals surface area (Å²) in [6.07, 6.45) is 0.725. The molecule has 0 bridgehead atoms. The molecular weight excluding hydrogens is 240 g/mol. The maximum absolute atomic E-state index is 12.0. The molecule has 0 aromatic heterocycles. The molecule has 1 unspecified atom stereocenters. The average Bonchev–Trinajstić information content (AvgIpc) is 2.82. The van der Waals surface area contributed by atoms with Gasteiger partial charge in [0.1, 0.15) is 11.5 Å². The number of benzene rings is 2. The maximum atomic E-state index is 12.0. The molecule has 0 spiro atoms. The zero-order valence-electron chi connectivity index (χ0n) is 10.1. The topological polar surface area (TPSA) is 46.5 Å². The molecule has 3 rings (SSSR count). The first kappa shape index (κ1) is 11.5. The zero-order chi connectivity index (χ0) is 13.2. The summed E-state index contributed by atoms with van der Waals surface area (Å²) < 4.78 is 5.68. The van der Waals surface area contributed by atoms with Crippen LogP contribution in [0.15, 0.2) is 60.7 Å². The standard InChI is InChI=1S/C16H12O3/c17-13-9-5-4-8-12(13)16-14(18)10-15(19-16)11-6-2-1-3-7-11/h1-10,16-17H. The monoisotopic (exact) mass is 252 g/mol. The van der Waals surface area contributed by atoms with E-state index in [9.17, 15) is 9.90 Å². The number of ketones is 1. The third kappa shape index (κ3) is 2.10. The molecule has 0 saturated carbocycles. The molecule has 3 nitrogen and oxygen atoms in total. The summed E-state index contributed by atoms with van der Waals surface area (Å²) in [4.78, 5) is 12.0. The largest absolute Gasteiger partial charge is 0.508 e. The molecule has 1 aliphatic rings. The highest BCUT2D eigenvalue weighted by Crippen LogP contribution is 2.36. The van der Waals surface area contributed by atoms with Crippen molar-refractivity contribution < 1.29 is 14.6 Å². The van der Waals surface area contributed by atoms with Gasteiger partial charge in [0, 0.05) is 17.2 Å². The van der Waals surface area contributed by atoms with E-state index in [1.165, 1.54) is 6.08 Å². The van der Waals surface area contributed by atoms with Crippen LogP contribution in [-0.2, 0) is 9.53 Å². The van der Waals surface area contributed by atoms with Crippen molar-refractivity contribution in [1.29, 1.82) is 0 Å². The summed E-state index contributed by atoms with van der Waals surface area (Å²) in [7, 11) is 0. The van der Waals surface area contributed by atoms with E-state index in [2.05, 4.69) is 0 Å². The Morgan fingerprint density at radius 1 is 0.947 bits per heavy atom. The Morgan fingerprint density at radius 3 is 2.37 bits per heavy atom. The molecule has 0 aliphatic carbocycles. The number of carbonyl (C=O) groups excluding carboxylic acids is 1. The number of ether oxygens (including phenoxy) is 1. The lowest BCUT2D eigenvalue weighted by atomic mass is 10.1. The number of aromatic hydroxyl groups is 1. The van der Waals surface area contributed by atoms with Crippen LogP contribution < -0.4 is 0 Å². The molecule has 2 aromatic carbocycles. The molecule has 94 valence electrons. The normalized spacial score (nSPS) is 18.0. The summed E-state index contributed by atoms with van der Waals surface area (Å²) in [5, 5.41) is 9.79. The van der Waals surface area contributed by atoms with Gasteiger partial charge in [-0.3, -0.25) is 4.79 Å². The fraction of sp³-hybridized carbons (Fsp3) is 0.0625. The predicted octanol–water partition coefficient (Wildman–Crippen LogP) is 3.07. The van der Waals surface area contributed by atoms with Gasteiger partial charge in [-0.25, -0.2) is 0 Å². The third-order valence-corrected chi connectivity index (χ3v) is 3.05. The fourth-order valence-corrected chi connectivity index (χ4v) is 2.10. The van der Waals surface area contributed by atoms with Crippen LogP contribution in [0.25, 0.3) is 5.76 Å². The molecule has 1 atom stereocenters. The second-order valence-corrected chi connectivity index (χ2v) is 4.33. The molecule has 0 saturated heterocycles. The fourth-order valence-electron chi connectivity index (χ4n) is 2.10. The molecule has 1 N–H and O–H groups in total. The summed E-state index contributed by atoms with van der Waals surface area (Å²) in [6.45, 7) is 0. The van der Waals surface area contributed by atoms with Crippen molar-refractivity contribution in [2.75, 3.05) is 0 Å². The number of phenols is 1. The van der Waals surface area contributed by atoms with Crippen LogP contribution in [0.5, 0.6) is 5.75 Å². The van der Waals surface area contributed by atoms with Gasteiger partial charge in [0.2, 0.25) is 5.78 Å². The van der Waals surface area contributed by atoms with Crippen LogP contribution in [0.3, 0.4) is 0 Å². The summed E-state index contributed by atoms with van der Waals surface area (Å²) in [6, 6.07) is 16.2. The van der Waals surface area contributed by atoms with E-state index in [0.29, 0.717) is 11.3 Å². The van der Waals surface area contributed by atoms with Crippen molar-refractivity contribution >= 4 is 11.5 Å². The lowest BCUT2D eigenvalue weighted by molar-refractivity contribution is -0.120. The van der Waals surface area contributed by atoms with E-state index in [1.807, 2.05) is 30.3 Å². The first-order chi connectivity index (χ1) is 9.25. The Hall–Kier alpha value is -2.55. The molecule has 2 aromatic rings. The Morgan fingerprint density at radius 2 is 1.63 bits per heavy atom. The van der Waals surface area contributed by atoms with Crippen molar-refractivity contribution in [3.05, 3.63) is 71.8 Å². The van der Waals surface area contributed by atoms with Crippen molar-refractivity contribution in [1.82, 2.24) is 0 Å². The van der Waals surface area contributed by atoms with Crippen LogP contribution in [0.2, 0.25) is 0 Å². The van der Waals surface area contributed by atoms with Crippen molar-refractivity contribution in [2.45, 2.75) is 6.10 Å². The minimum absolute atomic E-state index is 0.0727. The number of phenolic OH excluding ortho intramolecular Hbond substituents is 1. The zero-order valence-corrected chi connectivity index (χ0v) is 10.1. The average molecular weight is 252 g/mol. The smallest absolute Gasteiger partial charge is 0.204 e. The van der Waals surface area contributed by atoms with Crippen LogP contribution in [0.4, 0.5) is 0 Å². The lowest BCUT2D eigenvalue weighted by Crippen LogP contribution is -2.06. The van der Waals surface area contributed by atoms with Gasteiger partial charge in [0.05, 0.1) is 0 Å². The summed E-state index contributed by atoms with van der Waals surface area (Å²) >= 11 is 0. The van der Waals surface area contributed by atoms with E-state index < -0.39 is 6.10 Å². The van der Waals surface area contributed by atoms with E-state index in [4.69, 9.17) is 4.74 Å².